The molecule has 6 nitrogen and oxygen atoms in total. The molecule has 0 heterocycles. The highest BCUT2D eigenvalue weighted by atomic mass is 16.3. The maximum atomic E-state index is 12.3. The molecular formula is C22H25N3O3. The number of nitrogens with one attached hydrogen (secondary N) is 2. The van der Waals surface area contributed by atoms with Gasteiger partial charge in [-0.05, 0) is 61.7 Å². The minimum absolute atomic E-state index is 0.0963. The molecule has 0 atom stereocenters. The minimum atomic E-state index is -0.351. The molecule has 1 fully saturated rings. The van der Waals surface area contributed by atoms with Crippen molar-refractivity contribution in [2.75, 3.05) is 5.32 Å². The summed E-state index contributed by atoms with van der Waals surface area (Å²) in [5.74, 6) is -0.0338. The summed E-state index contributed by atoms with van der Waals surface area (Å²) in [5, 5.41) is 16.4. The van der Waals surface area contributed by atoms with Crippen LogP contribution in [0.5, 0.6) is 5.75 Å². The van der Waals surface area contributed by atoms with Crippen molar-refractivity contribution >= 4 is 23.2 Å². The van der Waals surface area contributed by atoms with Crippen LogP contribution in [0, 0.1) is 5.92 Å². The van der Waals surface area contributed by atoms with Crippen LogP contribution in [0.2, 0.25) is 0 Å². The van der Waals surface area contributed by atoms with E-state index in [1.54, 1.807) is 6.92 Å². The van der Waals surface area contributed by atoms with Gasteiger partial charge in [-0.2, -0.15) is 5.10 Å². The van der Waals surface area contributed by atoms with E-state index in [0.29, 0.717) is 11.3 Å². The van der Waals surface area contributed by atoms with Crippen molar-refractivity contribution < 1.29 is 14.7 Å². The highest BCUT2D eigenvalue weighted by molar-refractivity contribution is 6.01. The lowest BCUT2D eigenvalue weighted by Gasteiger charge is -2.20. The van der Waals surface area contributed by atoms with Crippen LogP contribution in [-0.4, -0.2) is 22.6 Å². The Labute approximate surface area is 164 Å². The number of rotatable bonds is 5. The molecule has 28 heavy (non-hydrogen) atoms. The highest BCUT2D eigenvalue weighted by Crippen LogP contribution is 2.25. The van der Waals surface area contributed by atoms with Crippen molar-refractivity contribution in [3.63, 3.8) is 0 Å². The summed E-state index contributed by atoms with van der Waals surface area (Å²) in [6.07, 6.45) is 5.41. The van der Waals surface area contributed by atoms with Crippen molar-refractivity contribution in [2.45, 2.75) is 39.0 Å². The molecule has 2 aromatic carbocycles. The van der Waals surface area contributed by atoms with Gasteiger partial charge in [0, 0.05) is 17.2 Å². The largest absolute Gasteiger partial charge is 0.508 e. The molecule has 2 amide bonds. The molecule has 146 valence electrons. The van der Waals surface area contributed by atoms with Crippen LogP contribution in [0.15, 0.2) is 53.6 Å². The Balaban J connectivity index is 1.57. The average molecular weight is 379 g/mol. The smallest absolute Gasteiger partial charge is 0.271 e. The maximum absolute atomic E-state index is 12.3. The van der Waals surface area contributed by atoms with Gasteiger partial charge in [0.25, 0.3) is 5.91 Å². The van der Waals surface area contributed by atoms with Crippen LogP contribution >= 0.6 is 0 Å². The van der Waals surface area contributed by atoms with Gasteiger partial charge < -0.3 is 10.4 Å². The lowest BCUT2D eigenvalue weighted by atomic mass is 9.88. The Hall–Kier alpha value is -3.15. The van der Waals surface area contributed by atoms with E-state index < -0.39 is 0 Å². The number of hydrogen-bond acceptors (Lipinski definition) is 4. The van der Waals surface area contributed by atoms with Gasteiger partial charge in [0.05, 0.1) is 5.71 Å². The summed E-state index contributed by atoms with van der Waals surface area (Å²) < 4.78 is 0. The van der Waals surface area contributed by atoms with Crippen LogP contribution in [0.1, 0.15) is 54.9 Å². The predicted octanol–water partition coefficient (Wildman–Crippen LogP) is 4.07. The zero-order valence-corrected chi connectivity index (χ0v) is 15.9. The second kappa shape index (κ2) is 9.17. The van der Waals surface area contributed by atoms with Gasteiger partial charge in [0.2, 0.25) is 5.91 Å². The zero-order valence-electron chi connectivity index (χ0n) is 15.9. The van der Waals surface area contributed by atoms with E-state index in [1.807, 2.05) is 24.3 Å². The van der Waals surface area contributed by atoms with E-state index in [4.69, 9.17) is 0 Å². The van der Waals surface area contributed by atoms with E-state index >= 15 is 0 Å². The number of nitrogens with zero attached hydrogens (tertiary/aromatic N) is 1. The molecule has 3 rings (SSSR count). The number of carbonyl (C=O) groups is 2. The highest BCUT2D eigenvalue weighted by Gasteiger charge is 2.20. The summed E-state index contributed by atoms with van der Waals surface area (Å²) >= 11 is 0. The number of phenols is 1. The first-order valence-electron chi connectivity index (χ1n) is 9.58. The van der Waals surface area contributed by atoms with E-state index in [1.165, 1.54) is 30.7 Å². The third-order valence-electron chi connectivity index (χ3n) is 5.00. The molecule has 0 aromatic heterocycles. The van der Waals surface area contributed by atoms with E-state index in [0.717, 1.165) is 36.9 Å². The van der Waals surface area contributed by atoms with Crippen molar-refractivity contribution in [3.05, 3.63) is 59.7 Å². The molecule has 0 spiro atoms. The fourth-order valence-corrected chi connectivity index (χ4v) is 3.28. The Morgan fingerprint density at radius 2 is 1.54 bits per heavy atom. The third kappa shape index (κ3) is 5.19. The Kier molecular flexibility index (Phi) is 6.42. The number of hydrazone groups is 1. The first-order chi connectivity index (χ1) is 13.5. The number of anilines is 1. The molecule has 6 heteroatoms. The minimum Gasteiger partial charge on any atom is -0.508 e. The van der Waals surface area contributed by atoms with E-state index in [2.05, 4.69) is 15.8 Å². The summed E-state index contributed by atoms with van der Waals surface area (Å²) in [4.78, 5) is 24.4. The molecular weight excluding hydrogens is 354 g/mol. The van der Waals surface area contributed by atoms with Gasteiger partial charge in [0.15, 0.2) is 0 Å². The van der Waals surface area contributed by atoms with Crippen LogP contribution < -0.4 is 10.7 Å². The van der Waals surface area contributed by atoms with Crippen molar-refractivity contribution in [2.24, 2.45) is 11.0 Å². The molecule has 1 saturated carbocycles. The van der Waals surface area contributed by atoms with E-state index in [9.17, 15) is 14.7 Å². The van der Waals surface area contributed by atoms with E-state index in [-0.39, 0.29) is 23.5 Å². The molecule has 2 aromatic rings. The molecule has 3 N–H and O–H groups in total. The number of benzene rings is 2. The van der Waals surface area contributed by atoms with Crippen LogP contribution in [0.25, 0.3) is 0 Å². The molecule has 0 bridgehead atoms. The van der Waals surface area contributed by atoms with Crippen molar-refractivity contribution in [3.8, 4) is 5.75 Å². The molecule has 0 aliphatic heterocycles. The number of hydrogen-bond donors (Lipinski definition) is 3. The summed E-state index contributed by atoms with van der Waals surface area (Å²) in [6.45, 7) is 1.80. The van der Waals surface area contributed by atoms with Gasteiger partial charge in [-0.25, -0.2) is 5.43 Å². The van der Waals surface area contributed by atoms with Gasteiger partial charge in [-0.3, -0.25) is 9.59 Å². The lowest BCUT2D eigenvalue weighted by Crippen LogP contribution is -2.24. The fourth-order valence-electron chi connectivity index (χ4n) is 3.28. The van der Waals surface area contributed by atoms with Crippen molar-refractivity contribution in [1.82, 2.24) is 5.43 Å². The fraction of sp³-hybridized carbons (Fsp3) is 0.318. The molecule has 0 saturated heterocycles. The van der Waals surface area contributed by atoms with Crippen LogP contribution in [-0.2, 0) is 4.79 Å². The monoisotopic (exact) mass is 379 g/mol. The molecule has 0 radical (unpaired) electrons. The number of aromatic hydroxyl groups is 1. The number of phenolic OH excluding ortho intramolecular Hbond substituents is 1. The lowest BCUT2D eigenvalue weighted by molar-refractivity contribution is -0.120. The molecule has 1 aliphatic rings. The zero-order chi connectivity index (χ0) is 19.9. The van der Waals surface area contributed by atoms with Gasteiger partial charge in [0.1, 0.15) is 5.75 Å². The SMILES string of the molecule is C/C(=N/NC(=O)c1ccc(O)cc1)c1ccc(NC(=O)C2CCCCC2)cc1. The Morgan fingerprint density at radius 3 is 2.18 bits per heavy atom. The molecule has 0 unspecified atom stereocenters. The maximum Gasteiger partial charge on any atom is 0.271 e. The summed E-state index contributed by atoms with van der Waals surface area (Å²) in [7, 11) is 0. The van der Waals surface area contributed by atoms with Gasteiger partial charge in [-0.1, -0.05) is 31.4 Å². The second-order valence-corrected chi connectivity index (χ2v) is 7.09. The first-order valence-corrected chi connectivity index (χ1v) is 9.58. The standard InChI is InChI=1S/C22H25N3O3/c1-15(24-25-22(28)18-9-13-20(26)14-10-18)16-7-11-19(12-8-16)23-21(27)17-5-3-2-4-6-17/h7-14,17,26H,2-6H2,1H3,(H,23,27)(H,25,28)/b24-15-. The topological polar surface area (TPSA) is 90.8 Å². The summed E-state index contributed by atoms with van der Waals surface area (Å²) in [5.41, 5.74) is 5.18. The van der Waals surface area contributed by atoms with Crippen LogP contribution in [0.4, 0.5) is 5.69 Å². The number of carbonyl (C=O) groups excluding carboxylic acids is 2. The number of amides is 2. The second-order valence-electron chi connectivity index (χ2n) is 7.09. The van der Waals surface area contributed by atoms with Crippen LogP contribution in [0.3, 0.4) is 0 Å². The third-order valence-corrected chi connectivity index (χ3v) is 5.00. The average Bonchev–Trinajstić information content (AvgIpc) is 2.73. The first kappa shape index (κ1) is 19.6. The Bertz CT molecular complexity index is 852. The van der Waals surface area contributed by atoms with Gasteiger partial charge in [-0.15, -0.1) is 0 Å². The van der Waals surface area contributed by atoms with Gasteiger partial charge >= 0.3 is 0 Å². The predicted molar refractivity (Wildman–Crippen MR) is 109 cm³/mol. The Morgan fingerprint density at radius 1 is 0.929 bits per heavy atom. The normalized spacial score (nSPS) is 15.1. The van der Waals surface area contributed by atoms with Crippen molar-refractivity contribution in [1.29, 1.82) is 0 Å². The molecule has 1 aliphatic carbocycles. The quantitative estimate of drug-likeness (QED) is 0.540. The summed E-state index contributed by atoms with van der Waals surface area (Å²) in [6, 6.07) is 13.4.